The molecule has 1 saturated heterocycles. The molecule has 1 atom stereocenters. The van der Waals surface area contributed by atoms with Gasteiger partial charge in [-0.15, -0.1) is 12.4 Å². The van der Waals surface area contributed by atoms with Crippen LogP contribution in [0.5, 0.6) is 0 Å². The lowest BCUT2D eigenvalue weighted by Gasteiger charge is -2.16. The molecule has 2 N–H and O–H groups in total. The summed E-state index contributed by atoms with van der Waals surface area (Å²) in [7, 11) is 0. The van der Waals surface area contributed by atoms with Gasteiger partial charge in [0.15, 0.2) is 0 Å². The molecule has 0 bridgehead atoms. The van der Waals surface area contributed by atoms with Gasteiger partial charge in [-0.25, -0.2) is 0 Å². The summed E-state index contributed by atoms with van der Waals surface area (Å²) in [6.45, 7) is 10.3. The number of amides is 1. The lowest BCUT2D eigenvalue weighted by molar-refractivity contribution is -0.132. The van der Waals surface area contributed by atoms with Crippen LogP contribution in [0, 0.1) is 16.7 Å². The lowest BCUT2D eigenvalue weighted by Crippen LogP contribution is -2.34. The summed E-state index contributed by atoms with van der Waals surface area (Å²) in [6, 6.07) is 0.193. The third-order valence-electron chi connectivity index (χ3n) is 4.80. The van der Waals surface area contributed by atoms with E-state index in [9.17, 15) is 4.79 Å². The zero-order valence-corrected chi connectivity index (χ0v) is 11.4. The number of likely N-dealkylation sites (tertiary alicyclic amines) is 1. The van der Waals surface area contributed by atoms with Crippen molar-refractivity contribution < 1.29 is 4.79 Å². The number of carbonyl (C=O) groups is 1. The van der Waals surface area contributed by atoms with Crippen LogP contribution >= 0.6 is 12.4 Å². The topological polar surface area (TPSA) is 46.3 Å². The van der Waals surface area contributed by atoms with Crippen LogP contribution in [0.1, 0.15) is 34.1 Å². The van der Waals surface area contributed by atoms with Crippen molar-refractivity contribution in [1.82, 2.24) is 4.90 Å². The Morgan fingerprint density at radius 3 is 2.06 bits per heavy atom. The van der Waals surface area contributed by atoms with Crippen molar-refractivity contribution in [2.45, 2.75) is 40.2 Å². The Bertz CT molecular complexity index is 287. The fourth-order valence-electron chi connectivity index (χ4n) is 2.98. The van der Waals surface area contributed by atoms with Crippen molar-refractivity contribution in [3.63, 3.8) is 0 Å². The third kappa shape index (κ3) is 1.74. The minimum atomic E-state index is 0. The van der Waals surface area contributed by atoms with Crippen molar-refractivity contribution in [3.8, 4) is 0 Å². The van der Waals surface area contributed by atoms with E-state index < -0.39 is 0 Å². The van der Waals surface area contributed by atoms with Crippen LogP contribution in [0.4, 0.5) is 0 Å². The van der Waals surface area contributed by atoms with E-state index in [0.29, 0.717) is 5.91 Å². The number of hydrogen-bond acceptors (Lipinski definition) is 2. The maximum atomic E-state index is 12.3. The Labute approximate surface area is 104 Å². The molecule has 0 radical (unpaired) electrons. The van der Waals surface area contributed by atoms with Crippen LogP contribution in [0.2, 0.25) is 0 Å². The van der Waals surface area contributed by atoms with Gasteiger partial charge in [0.05, 0.1) is 0 Å². The summed E-state index contributed by atoms with van der Waals surface area (Å²) in [5.41, 5.74) is 6.12. The Hall–Kier alpha value is -0.280. The maximum absolute atomic E-state index is 12.3. The van der Waals surface area contributed by atoms with E-state index in [-0.39, 0.29) is 35.2 Å². The van der Waals surface area contributed by atoms with Crippen LogP contribution in [0.25, 0.3) is 0 Å². The molecule has 1 heterocycles. The molecule has 16 heavy (non-hydrogen) atoms. The van der Waals surface area contributed by atoms with Crippen LogP contribution in [-0.4, -0.2) is 29.9 Å². The molecular formula is C12H23ClN2O. The van der Waals surface area contributed by atoms with Crippen molar-refractivity contribution in [2.75, 3.05) is 13.1 Å². The first-order chi connectivity index (χ1) is 6.78. The molecule has 2 rings (SSSR count). The normalized spacial score (nSPS) is 31.1. The minimum Gasteiger partial charge on any atom is -0.341 e. The fourth-order valence-corrected chi connectivity index (χ4v) is 2.98. The van der Waals surface area contributed by atoms with Crippen molar-refractivity contribution in [2.24, 2.45) is 22.5 Å². The number of nitrogens with two attached hydrogens (primary N) is 1. The Kier molecular flexibility index (Phi) is 3.34. The molecule has 1 aliphatic heterocycles. The second-order valence-electron chi connectivity index (χ2n) is 6.21. The quantitative estimate of drug-likeness (QED) is 0.765. The zero-order valence-electron chi connectivity index (χ0n) is 10.6. The van der Waals surface area contributed by atoms with Crippen molar-refractivity contribution in [1.29, 1.82) is 0 Å². The fraction of sp³-hybridized carbons (Fsp3) is 0.917. The SMILES string of the molecule is CC1(C)C(C(=O)N2CC[C@H](N)C2)C1(C)C.Cl. The second kappa shape index (κ2) is 3.88. The van der Waals surface area contributed by atoms with E-state index in [1.165, 1.54) is 0 Å². The average Bonchev–Trinajstić information content (AvgIpc) is 2.49. The molecule has 1 amide bonds. The summed E-state index contributed by atoms with van der Waals surface area (Å²) in [6.07, 6.45) is 0.958. The lowest BCUT2D eigenvalue weighted by atomic mass is 10.0. The molecule has 1 saturated carbocycles. The van der Waals surface area contributed by atoms with Crippen LogP contribution in [0.3, 0.4) is 0 Å². The molecule has 0 aromatic heterocycles. The highest BCUT2D eigenvalue weighted by molar-refractivity contribution is 5.85. The summed E-state index contributed by atoms with van der Waals surface area (Å²) in [4.78, 5) is 14.2. The predicted octanol–water partition coefficient (Wildman–Crippen LogP) is 1.65. The molecule has 94 valence electrons. The largest absolute Gasteiger partial charge is 0.341 e. The first-order valence-corrected chi connectivity index (χ1v) is 5.83. The van der Waals surface area contributed by atoms with E-state index >= 15 is 0 Å². The molecule has 0 unspecified atom stereocenters. The highest BCUT2D eigenvalue weighted by atomic mass is 35.5. The van der Waals surface area contributed by atoms with E-state index in [1.54, 1.807) is 0 Å². The second-order valence-corrected chi connectivity index (χ2v) is 6.21. The number of carbonyl (C=O) groups excluding carboxylic acids is 1. The van der Waals surface area contributed by atoms with Gasteiger partial charge in [0.2, 0.25) is 5.91 Å². The summed E-state index contributed by atoms with van der Waals surface area (Å²) in [5, 5.41) is 0. The Balaban J connectivity index is 0.00000128. The van der Waals surface area contributed by atoms with Gasteiger partial charge in [-0.05, 0) is 17.3 Å². The third-order valence-corrected chi connectivity index (χ3v) is 4.80. The molecule has 2 fully saturated rings. The molecule has 0 spiro atoms. The van der Waals surface area contributed by atoms with Crippen LogP contribution in [-0.2, 0) is 4.79 Å². The van der Waals surface area contributed by atoms with Crippen LogP contribution < -0.4 is 5.73 Å². The molecule has 0 aromatic carbocycles. The van der Waals surface area contributed by atoms with Gasteiger partial charge in [0.25, 0.3) is 0 Å². The molecule has 2 aliphatic rings. The van der Waals surface area contributed by atoms with Crippen molar-refractivity contribution in [3.05, 3.63) is 0 Å². The van der Waals surface area contributed by atoms with Gasteiger partial charge in [0.1, 0.15) is 0 Å². The first-order valence-electron chi connectivity index (χ1n) is 5.83. The summed E-state index contributed by atoms with van der Waals surface area (Å²) >= 11 is 0. The Morgan fingerprint density at radius 2 is 1.75 bits per heavy atom. The highest BCUT2D eigenvalue weighted by Crippen LogP contribution is 2.68. The minimum absolute atomic E-state index is 0. The molecule has 4 heteroatoms. The van der Waals surface area contributed by atoms with Gasteiger partial charge in [-0.3, -0.25) is 4.79 Å². The number of nitrogens with zero attached hydrogens (tertiary/aromatic N) is 1. The average molecular weight is 247 g/mol. The van der Waals surface area contributed by atoms with E-state index in [0.717, 1.165) is 19.5 Å². The molecule has 3 nitrogen and oxygen atoms in total. The van der Waals surface area contributed by atoms with E-state index in [4.69, 9.17) is 5.73 Å². The number of halogens is 1. The van der Waals surface area contributed by atoms with Gasteiger partial charge in [0, 0.05) is 25.0 Å². The molecule has 0 aromatic rings. The Morgan fingerprint density at radius 1 is 1.25 bits per heavy atom. The molecular weight excluding hydrogens is 224 g/mol. The van der Waals surface area contributed by atoms with Gasteiger partial charge in [-0.1, -0.05) is 27.7 Å². The van der Waals surface area contributed by atoms with E-state index in [1.807, 2.05) is 4.90 Å². The van der Waals surface area contributed by atoms with Crippen LogP contribution in [0.15, 0.2) is 0 Å². The standard InChI is InChI=1S/C12H22N2O.ClH/c1-11(2)9(12(11,3)4)10(15)14-6-5-8(13)7-14;/h8-9H,5-7,13H2,1-4H3;1H/t8-;/m0./s1. The van der Waals surface area contributed by atoms with Gasteiger partial charge in [-0.2, -0.15) is 0 Å². The van der Waals surface area contributed by atoms with Crippen molar-refractivity contribution >= 4 is 18.3 Å². The number of hydrogen-bond donors (Lipinski definition) is 1. The number of rotatable bonds is 1. The first kappa shape index (κ1) is 13.8. The molecule has 1 aliphatic carbocycles. The van der Waals surface area contributed by atoms with Gasteiger partial charge >= 0.3 is 0 Å². The highest BCUT2D eigenvalue weighted by Gasteiger charge is 2.68. The predicted molar refractivity (Wildman–Crippen MR) is 67.5 cm³/mol. The maximum Gasteiger partial charge on any atom is 0.226 e. The van der Waals surface area contributed by atoms with E-state index in [2.05, 4.69) is 27.7 Å². The monoisotopic (exact) mass is 246 g/mol. The smallest absolute Gasteiger partial charge is 0.226 e. The summed E-state index contributed by atoms with van der Waals surface area (Å²) in [5.74, 6) is 0.508. The zero-order chi connectivity index (χ0) is 11.4. The summed E-state index contributed by atoms with van der Waals surface area (Å²) < 4.78 is 0. The van der Waals surface area contributed by atoms with Gasteiger partial charge < -0.3 is 10.6 Å².